The number of fused-ring (bicyclic) bond motifs is 1. The van der Waals surface area contributed by atoms with Crippen LogP contribution in [-0.4, -0.2) is 37.7 Å². The van der Waals surface area contributed by atoms with Crippen molar-refractivity contribution in [3.05, 3.63) is 29.3 Å². The van der Waals surface area contributed by atoms with Gasteiger partial charge in [0.2, 0.25) is 0 Å². The van der Waals surface area contributed by atoms with E-state index in [1.807, 2.05) is 0 Å². The number of nitrogens with one attached hydrogen (secondary N) is 1. The van der Waals surface area contributed by atoms with Gasteiger partial charge < -0.3 is 10.1 Å². The van der Waals surface area contributed by atoms with Gasteiger partial charge >= 0.3 is 0 Å². The highest BCUT2D eigenvalue weighted by Gasteiger charge is 2.29. The van der Waals surface area contributed by atoms with Crippen molar-refractivity contribution in [2.45, 2.75) is 51.1 Å². The first-order valence-electron chi connectivity index (χ1n) is 8.46. The Hall–Kier alpha value is -1.06. The van der Waals surface area contributed by atoms with Crippen LogP contribution in [0.2, 0.25) is 0 Å². The van der Waals surface area contributed by atoms with E-state index in [-0.39, 0.29) is 0 Å². The van der Waals surface area contributed by atoms with Gasteiger partial charge in [0.1, 0.15) is 5.75 Å². The van der Waals surface area contributed by atoms with E-state index in [4.69, 9.17) is 4.74 Å². The molecule has 1 heterocycles. The molecule has 0 aromatic heterocycles. The highest BCUT2D eigenvalue weighted by molar-refractivity contribution is 5.40. The summed E-state index contributed by atoms with van der Waals surface area (Å²) in [6.45, 7) is 5.79. The predicted molar refractivity (Wildman–Crippen MR) is 86.9 cm³/mol. The molecule has 0 amide bonds. The normalized spacial score (nSPS) is 25.1. The third-order valence-corrected chi connectivity index (χ3v) is 5.11. The van der Waals surface area contributed by atoms with E-state index >= 15 is 0 Å². The van der Waals surface area contributed by atoms with Crippen molar-refractivity contribution >= 4 is 0 Å². The van der Waals surface area contributed by atoms with Crippen LogP contribution in [0.25, 0.3) is 0 Å². The number of benzene rings is 1. The van der Waals surface area contributed by atoms with Gasteiger partial charge in [-0.05, 0) is 62.0 Å². The van der Waals surface area contributed by atoms with Gasteiger partial charge in [-0.1, -0.05) is 19.4 Å². The Morgan fingerprint density at radius 3 is 2.90 bits per heavy atom. The molecule has 1 fully saturated rings. The number of rotatable bonds is 5. The summed E-state index contributed by atoms with van der Waals surface area (Å²) < 4.78 is 5.42. The monoisotopic (exact) mass is 288 g/mol. The van der Waals surface area contributed by atoms with E-state index in [2.05, 4.69) is 35.3 Å². The van der Waals surface area contributed by atoms with Gasteiger partial charge in [-0.15, -0.1) is 0 Å². The molecule has 0 bridgehead atoms. The quantitative estimate of drug-likeness (QED) is 0.901. The van der Waals surface area contributed by atoms with Crippen molar-refractivity contribution in [1.82, 2.24) is 10.2 Å². The number of likely N-dealkylation sites (N-methyl/N-ethyl adjacent to an activating group) is 1. The summed E-state index contributed by atoms with van der Waals surface area (Å²) >= 11 is 0. The average Bonchev–Trinajstić information content (AvgIpc) is 2.96. The van der Waals surface area contributed by atoms with Gasteiger partial charge in [0.05, 0.1) is 7.11 Å². The molecule has 3 heteroatoms. The first-order valence-corrected chi connectivity index (χ1v) is 8.46. The average molecular weight is 288 g/mol. The highest BCUT2D eigenvalue weighted by atomic mass is 16.5. The second kappa shape index (κ2) is 6.80. The van der Waals surface area contributed by atoms with Gasteiger partial charge in [0, 0.05) is 18.6 Å². The zero-order chi connectivity index (χ0) is 14.7. The maximum atomic E-state index is 5.42. The molecule has 21 heavy (non-hydrogen) atoms. The molecule has 1 saturated heterocycles. The lowest BCUT2D eigenvalue weighted by Crippen LogP contribution is -2.44. The number of hydrogen-bond donors (Lipinski definition) is 1. The number of aryl methyl sites for hydroxylation is 1. The molecule has 0 spiro atoms. The standard InChI is InChI=1S/C18H28N2O/c1-3-20(13-15-6-4-5-11-19-15)18-10-8-14-7-9-16(21-2)12-17(14)18/h7,9,12,15,18-19H,3-6,8,10-11,13H2,1-2H3. The Morgan fingerprint density at radius 2 is 2.19 bits per heavy atom. The summed E-state index contributed by atoms with van der Waals surface area (Å²) in [7, 11) is 1.76. The van der Waals surface area contributed by atoms with Crippen LogP contribution in [0, 0.1) is 0 Å². The fourth-order valence-corrected chi connectivity index (χ4v) is 3.90. The molecule has 0 saturated carbocycles. The fourth-order valence-electron chi connectivity index (χ4n) is 3.90. The van der Waals surface area contributed by atoms with Crippen LogP contribution in [0.3, 0.4) is 0 Å². The molecule has 1 aromatic carbocycles. The van der Waals surface area contributed by atoms with Crippen LogP contribution < -0.4 is 10.1 Å². The van der Waals surface area contributed by atoms with Gasteiger partial charge in [-0.25, -0.2) is 0 Å². The Balaban J connectivity index is 1.73. The topological polar surface area (TPSA) is 24.5 Å². The fraction of sp³-hybridized carbons (Fsp3) is 0.667. The van der Waals surface area contributed by atoms with Crippen LogP contribution >= 0.6 is 0 Å². The van der Waals surface area contributed by atoms with Crippen LogP contribution in [0.1, 0.15) is 49.8 Å². The summed E-state index contributed by atoms with van der Waals surface area (Å²) in [5, 5.41) is 3.69. The lowest BCUT2D eigenvalue weighted by Gasteiger charge is -2.34. The van der Waals surface area contributed by atoms with Gasteiger partial charge in [0.15, 0.2) is 0 Å². The summed E-state index contributed by atoms with van der Waals surface area (Å²) in [4.78, 5) is 2.66. The van der Waals surface area contributed by atoms with E-state index in [9.17, 15) is 0 Å². The second-order valence-electron chi connectivity index (χ2n) is 6.35. The third-order valence-electron chi connectivity index (χ3n) is 5.11. The highest BCUT2D eigenvalue weighted by Crippen LogP contribution is 2.37. The number of piperidine rings is 1. The van der Waals surface area contributed by atoms with Crippen molar-refractivity contribution in [2.75, 3.05) is 26.7 Å². The van der Waals surface area contributed by atoms with Crippen LogP contribution in [0.5, 0.6) is 5.75 Å². The van der Waals surface area contributed by atoms with Crippen molar-refractivity contribution in [2.24, 2.45) is 0 Å². The largest absolute Gasteiger partial charge is 0.497 e. The van der Waals surface area contributed by atoms with E-state index in [0.717, 1.165) is 12.3 Å². The van der Waals surface area contributed by atoms with E-state index in [1.165, 1.54) is 56.3 Å². The number of hydrogen-bond acceptors (Lipinski definition) is 3. The molecule has 1 aliphatic carbocycles. The smallest absolute Gasteiger partial charge is 0.119 e. The minimum atomic E-state index is 0.573. The molecule has 3 nitrogen and oxygen atoms in total. The molecule has 1 aromatic rings. The zero-order valence-corrected chi connectivity index (χ0v) is 13.4. The predicted octanol–water partition coefficient (Wildman–Crippen LogP) is 3.15. The van der Waals surface area contributed by atoms with Crippen LogP contribution in [0.4, 0.5) is 0 Å². The van der Waals surface area contributed by atoms with Crippen molar-refractivity contribution in [1.29, 1.82) is 0 Å². The number of nitrogens with zero attached hydrogens (tertiary/aromatic N) is 1. The Bertz CT molecular complexity index is 468. The lowest BCUT2D eigenvalue weighted by molar-refractivity contribution is 0.173. The Morgan fingerprint density at radius 1 is 1.29 bits per heavy atom. The third kappa shape index (κ3) is 3.24. The second-order valence-corrected chi connectivity index (χ2v) is 6.35. The SMILES string of the molecule is CCN(CC1CCCCN1)C1CCc2ccc(OC)cc21. The molecule has 116 valence electrons. The van der Waals surface area contributed by atoms with E-state index < -0.39 is 0 Å². The number of ether oxygens (including phenoxy) is 1. The summed E-state index contributed by atoms with van der Waals surface area (Å²) in [5.41, 5.74) is 3.00. The molecule has 2 atom stereocenters. The molecule has 1 N–H and O–H groups in total. The first-order chi connectivity index (χ1) is 10.3. The van der Waals surface area contributed by atoms with Crippen molar-refractivity contribution < 1.29 is 4.74 Å². The zero-order valence-electron chi connectivity index (χ0n) is 13.4. The van der Waals surface area contributed by atoms with Gasteiger partial charge in [-0.2, -0.15) is 0 Å². The molecule has 1 aliphatic heterocycles. The maximum Gasteiger partial charge on any atom is 0.119 e. The molecular weight excluding hydrogens is 260 g/mol. The first kappa shape index (κ1) is 14.9. The molecule has 3 rings (SSSR count). The van der Waals surface area contributed by atoms with E-state index in [0.29, 0.717) is 12.1 Å². The summed E-state index contributed by atoms with van der Waals surface area (Å²) in [6, 6.07) is 7.85. The lowest BCUT2D eigenvalue weighted by atomic mass is 10.0. The minimum absolute atomic E-state index is 0.573. The number of methoxy groups -OCH3 is 1. The molecular formula is C18H28N2O. The van der Waals surface area contributed by atoms with Crippen LogP contribution in [-0.2, 0) is 6.42 Å². The summed E-state index contributed by atoms with van der Waals surface area (Å²) in [6.07, 6.45) is 6.51. The molecule has 2 aliphatic rings. The Labute approximate surface area is 128 Å². The maximum absolute atomic E-state index is 5.42. The molecule has 2 unspecified atom stereocenters. The van der Waals surface area contributed by atoms with Crippen molar-refractivity contribution in [3.8, 4) is 5.75 Å². The Kier molecular flexibility index (Phi) is 4.81. The van der Waals surface area contributed by atoms with E-state index in [1.54, 1.807) is 7.11 Å². The van der Waals surface area contributed by atoms with Gasteiger partial charge in [0.25, 0.3) is 0 Å². The van der Waals surface area contributed by atoms with Crippen LogP contribution in [0.15, 0.2) is 18.2 Å². The van der Waals surface area contributed by atoms with Crippen molar-refractivity contribution in [3.63, 3.8) is 0 Å². The summed E-state index contributed by atoms with van der Waals surface area (Å²) in [5.74, 6) is 0.993. The molecule has 0 radical (unpaired) electrons. The minimum Gasteiger partial charge on any atom is -0.497 e. The van der Waals surface area contributed by atoms with Gasteiger partial charge in [-0.3, -0.25) is 4.90 Å².